The third-order valence-electron chi connectivity index (χ3n) is 2.81. The normalized spacial score (nSPS) is 20.3. The van der Waals surface area contributed by atoms with E-state index in [1.54, 1.807) is 10.3 Å². The van der Waals surface area contributed by atoms with Crippen LogP contribution in [0.15, 0.2) is 5.38 Å². The van der Waals surface area contributed by atoms with Crippen LogP contribution in [0.2, 0.25) is 0 Å². The zero-order chi connectivity index (χ0) is 11.5. The largest absolute Gasteiger partial charge is 0.394 e. The SMILES string of the molecule is Nc1nc(CC(=O)N2CCC[C@@H]2CO)cs1. The van der Waals surface area contributed by atoms with Crippen molar-refractivity contribution in [1.82, 2.24) is 9.88 Å². The molecule has 0 aliphatic carbocycles. The Hall–Kier alpha value is -1.14. The van der Waals surface area contributed by atoms with Crippen LogP contribution in [-0.2, 0) is 11.2 Å². The Morgan fingerprint density at radius 2 is 2.56 bits per heavy atom. The number of aliphatic hydroxyl groups is 1. The highest BCUT2D eigenvalue weighted by molar-refractivity contribution is 7.13. The van der Waals surface area contributed by atoms with Gasteiger partial charge >= 0.3 is 0 Å². The quantitative estimate of drug-likeness (QED) is 0.795. The molecule has 2 rings (SSSR count). The third kappa shape index (κ3) is 2.33. The molecular formula is C10H15N3O2S. The van der Waals surface area contributed by atoms with Crippen LogP contribution in [0.4, 0.5) is 5.13 Å². The van der Waals surface area contributed by atoms with Gasteiger partial charge in [0.25, 0.3) is 0 Å². The molecule has 1 fully saturated rings. The lowest BCUT2D eigenvalue weighted by atomic mass is 10.2. The van der Waals surface area contributed by atoms with Gasteiger partial charge in [0.05, 0.1) is 24.8 Å². The molecule has 5 nitrogen and oxygen atoms in total. The van der Waals surface area contributed by atoms with Gasteiger partial charge in [0, 0.05) is 11.9 Å². The fraction of sp³-hybridized carbons (Fsp3) is 0.600. The molecule has 16 heavy (non-hydrogen) atoms. The van der Waals surface area contributed by atoms with Crippen LogP contribution in [0, 0.1) is 0 Å². The minimum atomic E-state index is -0.0107. The van der Waals surface area contributed by atoms with E-state index in [1.807, 2.05) is 0 Å². The van der Waals surface area contributed by atoms with Crippen LogP contribution >= 0.6 is 11.3 Å². The third-order valence-corrected chi connectivity index (χ3v) is 3.53. The Kier molecular flexibility index (Phi) is 3.40. The number of thiazole rings is 1. The van der Waals surface area contributed by atoms with E-state index >= 15 is 0 Å². The molecule has 0 radical (unpaired) electrons. The lowest BCUT2D eigenvalue weighted by molar-refractivity contribution is -0.132. The summed E-state index contributed by atoms with van der Waals surface area (Å²) in [6, 6.07) is -0.0107. The smallest absolute Gasteiger partial charge is 0.228 e. The predicted octanol–water partition coefficient (Wildman–Crippen LogP) is 0.251. The Morgan fingerprint density at radius 1 is 1.75 bits per heavy atom. The molecule has 1 aromatic heterocycles. The van der Waals surface area contributed by atoms with Crippen molar-refractivity contribution in [1.29, 1.82) is 0 Å². The lowest BCUT2D eigenvalue weighted by Gasteiger charge is -2.22. The molecule has 3 N–H and O–H groups in total. The first-order valence-corrected chi connectivity index (χ1v) is 6.19. The minimum absolute atomic E-state index is 0.0107. The van der Waals surface area contributed by atoms with Gasteiger partial charge in [0.1, 0.15) is 0 Å². The number of nitrogens with zero attached hydrogens (tertiary/aromatic N) is 2. The van der Waals surface area contributed by atoms with Crippen LogP contribution in [-0.4, -0.2) is 40.1 Å². The molecule has 1 aliphatic heterocycles. The summed E-state index contributed by atoms with van der Waals surface area (Å²) in [5, 5.41) is 11.4. The summed E-state index contributed by atoms with van der Waals surface area (Å²) in [6.45, 7) is 0.786. The second-order valence-corrected chi connectivity index (χ2v) is 4.81. The molecule has 0 unspecified atom stereocenters. The van der Waals surface area contributed by atoms with Gasteiger partial charge in [-0.2, -0.15) is 0 Å². The zero-order valence-electron chi connectivity index (χ0n) is 8.93. The highest BCUT2D eigenvalue weighted by atomic mass is 32.1. The molecule has 0 spiro atoms. The molecule has 0 aromatic carbocycles. The van der Waals surface area contributed by atoms with Crippen molar-refractivity contribution in [2.75, 3.05) is 18.9 Å². The van der Waals surface area contributed by atoms with Crippen LogP contribution in [0.25, 0.3) is 0 Å². The molecular weight excluding hydrogens is 226 g/mol. The standard InChI is InChI=1S/C10H15N3O2S/c11-10-12-7(6-16-10)4-9(15)13-3-1-2-8(13)5-14/h6,8,14H,1-5H2,(H2,11,12)/t8-/m1/s1. The number of carbonyl (C=O) groups excluding carboxylic acids is 1. The van der Waals surface area contributed by atoms with Gasteiger partial charge in [0.2, 0.25) is 5.91 Å². The monoisotopic (exact) mass is 241 g/mol. The van der Waals surface area contributed by atoms with E-state index in [1.165, 1.54) is 11.3 Å². The van der Waals surface area contributed by atoms with Crippen molar-refractivity contribution < 1.29 is 9.90 Å². The Balaban J connectivity index is 1.97. The number of amides is 1. The van der Waals surface area contributed by atoms with E-state index in [2.05, 4.69) is 4.98 Å². The number of rotatable bonds is 3. The van der Waals surface area contributed by atoms with E-state index in [4.69, 9.17) is 10.8 Å². The summed E-state index contributed by atoms with van der Waals surface area (Å²) in [6.07, 6.45) is 2.14. The first kappa shape index (κ1) is 11.3. The Morgan fingerprint density at radius 3 is 3.19 bits per heavy atom. The number of hydrogen-bond acceptors (Lipinski definition) is 5. The second-order valence-electron chi connectivity index (χ2n) is 3.92. The summed E-state index contributed by atoms with van der Waals surface area (Å²) in [5.74, 6) is 0.0295. The second kappa shape index (κ2) is 4.80. The van der Waals surface area contributed by atoms with Gasteiger partial charge in [-0.15, -0.1) is 11.3 Å². The molecule has 0 bridgehead atoms. The van der Waals surface area contributed by atoms with Crippen LogP contribution in [0.3, 0.4) is 0 Å². The molecule has 2 heterocycles. The van der Waals surface area contributed by atoms with E-state index in [0.717, 1.165) is 25.1 Å². The van der Waals surface area contributed by atoms with Gasteiger partial charge in [-0.1, -0.05) is 0 Å². The molecule has 1 atom stereocenters. The van der Waals surface area contributed by atoms with Gasteiger partial charge < -0.3 is 15.7 Å². The van der Waals surface area contributed by atoms with Crippen LogP contribution in [0.5, 0.6) is 0 Å². The summed E-state index contributed by atoms with van der Waals surface area (Å²) in [5.41, 5.74) is 6.22. The van der Waals surface area contributed by atoms with Crippen LogP contribution < -0.4 is 5.73 Å². The van der Waals surface area contributed by atoms with Crippen molar-refractivity contribution in [3.05, 3.63) is 11.1 Å². The molecule has 1 aromatic rings. The number of aromatic nitrogens is 1. The molecule has 0 saturated carbocycles. The average molecular weight is 241 g/mol. The molecule has 1 aliphatic rings. The van der Waals surface area contributed by atoms with Gasteiger partial charge in [0.15, 0.2) is 5.13 Å². The first-order chi connectivity index (χ1) is 7.70. The average Bonchev–Trinajstić information content (AvgIpc) is 2.86. The number of anilines is 1. The number of nitrogens with two attached hydrogens (primary N) is 1. The van der Waals surface area contributed by atoms with Crippen molar-refractivity contribution in [3.63, 3.8) is 0 Å². The highest BCUT2D eigenvalue weighted by Gasteiger charge is 2.28. The van der Waals surface area contributed by atoms with Crippen molar-refractivity contribution >= 4 is 22.4 Å². The van der Waals surface area contributed by atoms with Crippen molar-refractivity contribution in [2.45, 2.75) is 25.3 Å². The molecule has 6 heteroatoms. The molecule has 1 saturated heterocycles. The summed E-state index contributed by atoms with van der Waals surface area (Å²) < 4.78 is 0. The van der Waals surface area contributed by atoms with E-state index in [0.29, 0.717) is 5.13 Å². The maximum atomic E-state index is 11.9. The van der Waals surface area contributed by atoms with Crippen molar-refractivity contribution in [3.8, 4) is 0 Å². The van der Waals surface area contributed by atoms with E-state index in [9.17, 15) is 4.79 Å². The Bertz CT molecular complexity index is 380. The number of hydrogen-bond donors (Lipinski definition) is 2. The van der Waals surface area contributed by atoms with Gasteiger partial charge in [-0.05, 0) is 12.8 Å². The summed E-state index contributed by atoms with van der Waals surface area (Å²) >= 11 is 1.34. The maximum Gasteiger partial charge on any atom is 0.228 e. The van der Waals surface area contributed by atoms with E-state index < -0.39 is 0 Å². The number of carbonyl (C=O) groups is 1. The number of nitrogen functional groups attached to an aromatic ring is 1. The predicted molar refractivity (Wildman–Crippen MR) is 62.1 cm³/mol. The van der Waals surface area contributed by atoms with Crippen molar-refractivity contribution in [2.24, 2.45) is 0 Å². The van der Waals surface area contributed by atoms with E-state index in [-0.39, 0.29) is 25.0 Å². The van der Waals surface area contributed by atoms with Crippen LogP contribution in [0.1, 0.15) is 18.5 Å². The lowest BCUT2D eigenvalue weighted by Crippen LogP contribution is -2.38. The first-order valence-electron chi connectivity index (χ1n) is 5.31. The number of aliphatic hydroxyl groups excluding tert-OH is 1. The van der Waals surface area contributed by atoms with Gasteiger partial charge in [-0.3, -0.25) is 4.79 Å². The minimum Gasteiger partial charge on any atom is -0.394 e. The maximum absolute atomic E-state index is 11.9. The Labute approximate surface area is 97.9 Å². The zero-order valence-corrected chi connectivity index (χ0v) is 9.74. The summed E-state index contributed by atoms with van der Waals surface area (Å²) in [7, 11) is 0. The fourth-order valence-corrected chi connectivity index (χ4v) is 2.58. The molecule has 88 valence electrons. The highest BCUT2D eigenvalue weighted by Crippen LogP contribution is 2.19. The van der Waals surface area contributed by atoms with Gasteiger partial charge in [-0.25, -0.2) is 4.98 Å². The summed E-state index contributed by atoms with van der Waals surface area (Å²) in [4.78, 5) is 17.7. The fourth-order valence-electron chi connectivity index (χ4n) is 2.01. The topological polar surface area (TPSA) is 79.5 Å². The molecule has 1 amide bonds. The number of likely N-dealkylation sites (tertiary alicyclic amines) is 1.